The summed E-state index contributed by atoms with van der Waals surface area (Å²) in [5, 5.41) is 3.04. The normalized spacial score (nSPS) is 15.8. The van der Waals surface area contributed by atoms with Crippen LogP contribution in [0.1, 0.15) is 25.3 Å². The van der Waals surface area contributed by atoms with Gasteiger partial charge in [0.15, 0.2) is 17.4 Å². The highest BCUT2D eigenvalue weighted by molar-refractivity contribution is 5.31. The predicted octanol–water partition coefficient (Wildman–Crippen LogP) is 2.55. The van der Waals surface area contributed by atoms with Crippen LogP contribution in [0, 0.1) is 11.6 Å². The lowest BCUT2D eigenvalue weighted by molar-refractivity contribution is 0.223. The Morgan fingerprint density at radius 2 is 1.85 bits per heavy atom. The molecular formula is C15H22F2N2O. The minimum atomic E-state index is -0.626. The van der Waals surface area contributed by atoms with Gasteiger partial charge in [-0.2, -0.15) is 0 Å². The van der Waals surface area contributed by atoms with Crippen molar-refractivity contribution in [2.24, 2.45) is 0 Å². The highest BCUT2D eigenvalue weighted by Crippen LogP contribution is 2.23. The van der Waals surface area contributed by atoms with Crippen molar-refractivity contribution in [3.8, 4) is 5.75 Å². The lowest BCUT2D eigenvalue weighted by Crippen LogP contribution is -2.25. The van der Waals surface area contributed by atoms with Crippen LogP contribution in [0.3, 0.4) is 0 Å². The number of nitrogens with one attached hydrogen (secondary N) is 1. The molecule has 0 saturated carbocycles. The largest absolute Gasteiger partial charge is 0.486 e. The number of ether oxygens (including phenoxy) is 1. The van der Waals surface area contributed by atoms with Gasteiger partial charge in [-0.1, -0.05) is 6.92 Å². The Hall–Kier alpha value is -1.20. The molecule has 3 nitrogen and oxygen atoms in total. The fourth-order valence-electron chi connectivity index (χ4n) is 2.40. The van der Waals surface area contributed by atoms with Gasteiger partial charge in [0.05, 0.1) is 0 Å². The van der Waals surface area contributed by atoms with Crippen LogP contribution in [0.5, 0.6) is 5.75 Å². The maximum Gasteiger partial charge on any atom is 0.190 e. The molecule has 1 fully saturated rings. The van der Waals surface area contributed by atoms with Gasteiger partial charge in [-0.25, -0.2) is 8.78 Å². The van der Waals surface area contributed by atoms with Crippen LogP contribution in [-0.4, -0.2) is 37.7 Å². The van der Waals surface area contributed by atoms with Gasteiger partial charge in [-0.3, -0.25) is 4.90 Å². The average Bonchev–Trinajstić information content (AvgIpc) is 2.92. The monoisotopic (exact) mass is 284 g/mol. The first kappa shape index (κ1) is 15.2. The summed E-state index contributed by atoms with van der Waals surface area (Å²) in [4.78, 5) is 2.25. The topological polar surface area (TPSA) is 24.5 Å². The zero-order valence-electron chi connectivity index (χ0n) is 11.9. The Morgan fingerprint density at radius 3 is 2.45 bits per heavy atom. The van der Waals surface area contributed by atoms with E-state index in [1.807, 2.05) is 6.92 Å². The molecule has 0 spiro atoms. The molecule has 0 unspecified atom stereocenters. The number of hydrogen-bond donors (Lipinski definition) is 1. The van der Waals surface area contributed by atoms with Gasteiger partial charge in [0.2, 0.25) is 0 Å². The summed E-state index contributed by atoms with van der Waals surface area (Å²) in [5.74, 6) is -1.51. The van der Waals surface area contributed by atoms with Crippen molar-refractivity contribution in [3.63, 3.8) is 0 Å². The molecule has 1 heterocycles. The molecule has 0 amide bonds. The Balaban J connectivity index is 1.89. The van der Waals surface area contributed by atoms with Crippen molar-refractivity contribution >= 4 is 0 Å². The van der Waals surface area contributed by atoms with Gasteiger partial charge in [0, 0.05) is 13.1 Å². The molecule has 1 saturated heterocycles. The summed E-state index contributed by atoms with van der Waals surface area (Å²) >= 11 is 0. The molecule has 0 aliphatic carbocycles. The highest BCUT2D eigenvalue weighted by atomic mass is 19.1. The summed E-state index contributed by atoms with van der Waals surface area (Å²) < 4.78 is 32.9. The van der Waals surface area contributed by atoms with E-state index in [9.17, 15) is 8.78 Å². The fraction of sp³-hybridized carbons (Fsp3) is 0.600. The van der Waals surface area contributed by atoms with Crippen molar-refractivity contribution in [2.45, 2.75) is 26.3 Å². The van der Waals surface area contributed by atoms with Crippen LogP contribution in [-0.2, 0) is 6.54 Å². The second-order valence-corrected chi connectivity index (χ2v) is 5.07. The summed E-state index contributed by atoms with van der Waals surface area (Å²) in [6.07, 6.45) is 2.39. The summed E-state index contributed by atoms with van der Waals surface area (Å²) in [6.45, 7) is 6.31. The van der Waals surface area contributed by atoms with E-state index >= 15 is 0 Å². The molecule has 0 aromatic heterocycles. The zero-order chi connectivity index (χ0) is 14.4. The highest BCUT2D eigenvalue weighted by Gasteiger charge is 2.15. The molecule has 1 aromatic rings. The van der Waals surface area contributed by atoms with Gasteiger partial charge in [0.25, 0.3) is 0 Å². The van der Waals surface area contributed by atoms with Crippen molar-refractivity contribution < 1.29 is 13.5 Å². The minimum absolute atomic E-state index is 0.260. The second kappa shape index (κ2) is 7.55. The third-order valence-corrected chi connectivity index (χ3v) is 3.49. The van der Waals surface area contributed by atoms with Gasteiger partial charge in [-0.15, -0.1) is 0 Å². The predicted molar refractivity (Wildman–Crippen MR) is 74.9 cm³/mol. The molecule has 20 heavy (non-hydrogen) atoms. The number of halogens is 2. The van der Waals surface area contributed by atoms with E-state index in [1.54, 1.807) is 0 Å². The molecule has 1 aromatic carbocycles. The number of hydrogen-bond acceptors (Lipinski definition) is 3. The molecule has 0 bridgehead atoms. The van der Waals surface area contributed by atoms with Gasteiger partial charge in [-0.05, 0) is 50.2 Å². The number of benzene rings is 1. The van der Waals surface area contributed by atoms with Gasteiger partial charge < -0.3 is 10.1 Å². The van der Waals surface area contributed by atoms with Crippen molar-refractivity contribution in [1.29, 1.82) is 0 Å². The molecule has 0 radical (unpaired) electrons. The van der Waals surface area contributed by atoms with E-state index in [0.29, 0.717) is 18.7 Å². The van der Waals surface area contributed by atoms with E-state index < -0.39 is 11.6 Å². The standard InChI is InChI=1S/C15H22F2N2O/c1-2-18-11-12-9-13(16)15(14(17)10-12)20-8-7-19-5-3-4-6-19/h9-10,18H,2-8,11H2,1H3. The van der Waals surface area contributed by atoms with E-state index in [-0.39, 0.29) is 5.75 Å². The Morgan fingerprint density at radius 1 is 1.20 bits per heavy atom. The lowest BCUT2D eigenvalue weighted by atomic mass is 10.2. The van der Waals surface area contributed by atoms with Crippen LogP contribution in [0.15, 0.2) is 12.1 Å². The van der Waals surface area contributed by atoms with Crippen molar-refractivity contribution in [3.05, 3.63) is 29.3 Å². The van der Waals surface area contributed by atoms with E-state index in [4.69, 9.17) is 4.74 Å². The molecule has 1 N–H and O–H groups in total. The Labute approximate surface area is 118 Å². The number of nitrogens with zero attached hydrogens (tertiary/aromatic N) is 1. The van der Waals surface area contributed by atoms with E-state index in [2.05, 4.69) is 10.2 Å². The molecule has 1 aliphatic rings. The maximum absolute atomic E-state index is 13.8. The second-order valence-electron chi connectivity index (χ2n) is 5.07. The van der Waals surface area contributed by atoms with E-state index in [1.165, 1.54) is 25.0 Å². The minimum Gasteiger partial charge on any atom is -0.486 e. The first-order valence-electron chi connectivity index (χ1n) is 7.24. The van der Waals surface area contributed by atoms with Crippen molar-refractivity contribution in [1.82, 2.24) is 10.2 Å². The van der Waals surface area contributed by atoms with Crippen LogP contribution >= 0.6 is 0 Å². The first-order chi connectivity index (χ1) is 9.70. The third kappa shape index (κ3) is 4.15. The fourth-order valence-corrected chi connectivity index (χ4v) is 2.40. The molecular weight excluding hydrogens is 262 g/mol. The number of rotatable bonds is 7. The van der Waals surface area contributed by atoms with Crippen molar-refractivity contribution in [2.75, 3.05) is 32.8 Å². The lowest BCUT2D eigenvalue weighted by Gasteiger charge is -2.16. The molecule has 2 rings (SSSR count). The maximum atomic E-state index is 13.8. The van der Waals surface area contributed by atoms with Gasteiger partial charge in [0.1, 0.15) is 6.61 Å². The SMILES string of the molecule is CCNCc1cc(F)c(OCCN2CCCC2)c(F)c1. The summed E-state index contributed by atoms with van der Waals surface area (Å²) in [7, 11) is 0. The van der Waals surface area contributed by atoms with E-state index in [0.717, 1.165) is 26.2 Å². The van der Waals surface area contributed by atoms with Crippen LogP contribution < -0.4 is 10.1 Å². The molecule has 112 valence electrons. The van der Waals surface area contributed by atoms with Crippen LogP contribution in [0.25, 0.3) is 0 Å². The third-order valence-electron chi connectivity index (χ3n) is 3.49. The van der Waals surface area contributed by atoms with Crippen LogP contribution in [0.4, 0.5) is 8.78 Å². The summed E-state index contributed by atoms with van der Waals surface area (Å²) in [5.41, 5.74) is 0.591. The molecule has 0 atom stereocenters. The Bertz CT molecular complexity index is 411. The quantitative estimate of drug-likeness (QED) is 0.833. The first-order valence-corrected chi connectivity index (χ1v) is 7.24. The average molecular weight is 284 g/mol. The van der Waals surface area contributed by atoms with Gasteiger partial charge >= 0.3 is 0 Å². The smallest absolute Gasteiger partial charge is 0.190 e. The molecule has 1 aliphatic heterocycles. The molecule has 5 heteroatoms. The number of likely N-dealkylation sites (tertiary alicyclic amines) is 1. The summed E-state index contributed by atoms with van der Waals surface area (Å²) in [6, 6.07) is 2.66. The van der Waals surface area contributed by atoms with Crippen LogP contribution in [0.2, 0.25) is 0 Å². The zero-order valence-corrected chi connectivity index (χ0v) is 11.9. The Kier molecular flexibility index (Phi) is 5.73.